The van der Waals surface area contributed by atoms with Crippen LogP contribution in [0.25, 0.3) is 5.82 Å². The van der Waals surface area contributed by atoms with Gasteiger partial charge in [-0.3, -0.25) is 0 Å². The standard InChI is InChI=1S/C20H27N5O2/c26-19(23-15-17-5-9-20(27-17)7-2-1-3-8-20)22-14-16-6-11-21-18(13-16)25-12-4-10-24-25/h4,6,10-13,17H,1-3,5,7-9,14-15H2,(H2,22,23,26). The number of hydrogen-bond acceptors (Lipinski definition) is 4. The summed E-state index contributed by atoms with van der Waals surface area (Å²) in [6, 6.07) is 5.49. The zero-order valence-corrected chi connectivity index (χ0v) is 15.6. The number of aromatic nitrogens is 3. The van der Waals surface area contributed by atoms with Crippen LogP contribution in [0.4, 0.5) is 4.79 Å². The lowest BCUT2D eigenvalue weighted by Gasteiger charge is -2.33. The van der Waals surface area contributed by atoms with E-state index in [0.29, 0.717) is 13.1 Å². The topological polar surface area (TPSA) is 81.1 Å². The molecule has 1 spiro atoms. The highest BCUT2D eigenvalue weighted by Gasteiger charge is 2.40. The fraction of sp³-hybridized carbons (Fsp3) is 0.550. The van der Waals surface area contributed by atoms with Crippen molar-refractivity contribution in [3.63, 3.8) is 0 Å². The maximum atomic E-state index is 12.1. The SMILES string of the molecule is O=C(NCc1ccnc(-n2cccn2)c1)NCC1CCC2(CCCCC2)O1. The highest BCUT2D eigenvalue weighted by Crippen LogP contribution is 2.41. The van der Waals surface area contributed by atoms with Crippen LogP contribution in [0, 0.1) is 0 Å². The molecule has 1 unspecified atom stereocenters. The van der Waals surface area contributed by atoms with Gasteiger partial charge in [0.25, 0.3) is 0 Å². The van der Waals surface area contributed by atoms with Gasteiger partial charge in [-0.25, -0.2) is 14.5 Å². The van der Waals surface area contributed by atoms with Crippen molar-refractivity contribution in [3.8, 4) is 5.82 Å². The average Bonchev–Trinajstić information content (AvgIpc) is 3.36. The molecule has 144 valence electrons. The summed E-state index contributed by atoms with van der Waals surface area (Å²) < 4.78 is 8.00. The molecule has 1 aliphatic heterocycles. The second-order valence-corrected chi connectivity index (χ2v) is 7.56. The molecule has 1 saturated heterocycles. The van der Waals surface area contributed by atoms with Gasteiger partial charge in [-0.15, -0.1) is 0 Å². The van der Waals surface area contributed by atoms with Crippen LogP contribution in [0.3, 0.4) is 0 Å². The van der Waals surface area contributed by atoms with E-state index in [1.165, 1.54) is 32.1 Å². The number of urea groups is 1. The summed E-state index contributed by atoms with van der Waals surface area (Å²) in [5.41, 5.74) is 1.07. The van der Waals surface area contributed by atoms with Gasteiger partial charge in [-0.2, -0.15) is 5.10 Å². The van der Waals surface area contributed by atoms with Crippen LogP contribution >= 0.6 is 0 Å². The van der Waals surface area contributed by atoms with Gasteiger partial charge in [0.1, 0.15) is 0 Å². The zero-order chi connectivity index (χ0) is 18.5. The molecule has 0 bridgehead atoms. The van der Waals surface area contributed by atoms with Crippen LogP contribution < -0.4 is 10.6 Å². The Morgan fingerprint density at radius 3 is 2.93 bits per heavy atom. The van der Waals surface area contributed by atoms with Crippen LogP contribution in [0.15, 0.2) is 36.8 Å². The molecule has 2 amide bonds. The first-order valence-corrected chi connectivity index (χ1v) is 9.87. The Morgan fingerprint density at radius 2 is 2.11 bits per heavy atom. The number of amides is 2. The summed E-state index contributed by atoms with van der Waals surface area (Å²) in [6.07, 6.45) is 13.8. The molecule has 2 N–H and O–H groups in total. The minimum atomic E-state index is -0.166. The van der Waals surface area contributed by atoms with Gasteiger partial charge >= 0.3 is 6.03 Å². The molecular formula is C20H27N5O2. The molecular weight excluding hydrogens is 342 g/mol. The third-order valence-electron chi connectivity index (χ3n) is 5.60. The Bertz CT molecular complexity index is 755. The molecule has 1 atom stereocenters. The Labute approximate surface area is 159 Å². The molecule has 2 aromatic heterocycles. The van der Waals surface area contributed by atoms with E-state index in [9.17, 15) is 4.79 Å². The van der Waals surface area contributed by atoms with Crippen molar-refractivity contribution in [1.82, 2.24) is 25.4 Å². The summed E-state index contributed by atoms with van der Waals surface area (Å²) in [7, 11) is 0. The molecule has 3 heterocycles. The third-order valence-corrected chi connectivity index (χ3v) is 5.60. The van der Waals surface area contributed by atoms with Crippen molar-refractivity contribution in [3.05, 3.63) is 42.4 Å². The third kappa shape index (κ3) is 4.47. The fourth-order valence-corrected chi connectivity index (χ4v) is 4.15. The lowest BCUT2D eigenvalue weighted by Crippen LogP contribution is -2.40. The number of ether oxygens (including phenoxy) is 1. The van der Waals surface area contributed by atoms with Crippen molar-refractivity contribution >= 4 is 6.03 Å². The first kappa shape index (κ1) is 18.0. The Morgan fingerprint density at radius 1 is 1.22 bits per heavy atom. The molecule has 2 fully saturated rings. The van der Waals surface area contributed by atoms with Crippen molar-refractivity contribution in [2.24, 2.45) is 0 Å². The van der Waals surface area contributed by atoms with Crippen LogP contribution in [-0.2, 0) is 11.3 Å². The monoisotopic (exact) mass is 369 g/mol. The molecule has 7 heteroatoms. The van der Waals surface area contributed by atoms with Crippen LogP contribution in [0.5, 0.6) is 0 Å². The smallest absolute Gasteiger partial charge is 0.315 e. The number of nitrogens with zero attached hydrogens (tertiary/aromatic N) is 3. The Hall–Kier alpha value is -2.41. The summed E-state index contributed by atoms with van der Waals surface area (Å²) in [5.74, 6) is 0.733. The molecule has 1 saturated carbocycles. The summed E-state index contributed by atoms with van der Waals surface area (Å²) in [5, 5.41) is 10.0. The van der Waals surface area contributed by atoms with Crippen molar-refractivity contribution in [1.29, 1.82) is 0 Å². The van der Waals surface area contributed by atoms with E-state index in [0.717, 1.165) is 24.2 Å². The number of pyridine rings is 1. The van der Waals surface area contributed by atoms with Crippen LogP contribution in [0.2, 0.25) is 0 Å². The Kier molecular flexibility index (Phi) is 5.38. The van der Waals surface area contributed by atoms with E-state index >= 15 is 0 Å². The van der Waals surface area contributed by atoms with Crippen molar-refractivity contribution in [2.75, 3.05) is 6.54 Å². The lowest BCUT2D eigenvalue weighted by atomic mass is 9.83. The summed E-state index contributed by atoms with van der Waals surface area (Å²) in [4.78, 5) is 16.4. The van der Waals surface area contributed by atoms with Gasteiger partial charge in [0.2, 0.25) is 0 Å². The number of carbonyl (C=O) groups is 1. The van der Waals surface area contributed by atoms with E-state index in [-0.39, 0.29) is 17.7 Å². The predicted octanol–water partition coefficient (Wildman–Crippen LogP) is 2.95. The largest absolute Gasteiger partial charge is 0.370 e. The predicted molar refractivity (Wildman–Crippen MR) is 102 cm³/mol. The maximum Gasteiger partial charge on any atom is 0.315 e. The van der Waals surface area contributed by atoms with Crippen LogP contribution in [0.1, 0.15) is 50.5 Å². The maximum absolute atomic E-state index is 12.1. The van der Waals surface area contributed by atoms with Gasteiger partial charge in [0.05, 0.1) is 11.7 Å². The van der Waals surface area contributed by atoms with Crippen molar-refractivity contribution < 1.29 is 9.53 Å². The van der Waals surface area contributed by atoms with Gasteiger partial charge < -0.3 is 15.4 Å². The quantitative estimate of drug-likeness (QED) is 0.849. The highest BCUT2D eigenvalue weighted by atomic mass is 16.5. The fourth-order valence-electron chi connectivity index (χ4n) is 4.15. The summed E-state index contributed by atoms with van der Waals surface area (Å²) >= 11 is 0. The molecule has 2 aliphatic rings. The Balaban J connectivity index is 1.22. The van der Waals surface area contributed by atoms with E-state index < -0.39 is 0 Å². The van der Waals surface area contributed by atoms with Gasteiger partial charge in [0.15, 0.2) is 5.82 Å². The molecule has 4 rings (SSSR count). The van der Waals surface area contributed by atoms with Gasteiger partial charge in [-0.05, 0) is 49.4 Å². The van der Waals surface area contributed by atoms with E-state index in [2.05, 4.69) is 20.7 Å². The summed E-state index contributed by atoms with van der Waals surface area (Å²) in [6.45, 7) is 1.01. The minimum absolute atomic E-state index is 0.0982. The number of hydrogen-bond donors (Lipinski definition) is 2. The normalized spacial score (nSPS) is 21.3. The number of carbonyl (C=O) groups excluding carboxylic acids is 1. The highest BCUT2D eigenvalue weighted by molar-refractivity contribution is 5.73. The number of rotatable bonds is 5. The molecule has 27 heavy (non-hydrogen) atoms. The number of nitrogens with one attached hydrogen (secondary N) is 2. The van der Waals surface area contributed by atoms with E-state index in [1.807, 2.05) is 24.4 Å². The van der Waals surface area contributed by atoms with Gasteiger partial charge in [0, 0.05) is 31.7 Å². The molecule has 2 aromatic rings. The second kappa shape index (κ2) is 8.08. The first-order valence-electron chi connectivity index (χ1n) is 9.87. The lowest BCUT2D eigenvalue weighted by molar-refractivity contribution is -0.0616. The second-order valence-electron chi connectivity index (χ2n) is 7.56. The van der Waals surface area contributed by atoms with E-state index in [4.69, 9.17) is 4.74 Å². The zero-order valence-electron chi connectivity index (χ0n) is 15.6. The molecule has 7 nitrogen and oxygen atoms in total. The molecule has 0 aromatic carbocycles. The molecule has 1 aliphatic carbocycles. The van der Waals surface area contributed by atoms with Crippen molar-refractivity contribution in [2.45, 2.75) is 63.2 Å². The average molecular weight is 369 g/mol. The van der Waals surface area contributed by atoms with Crippen LogP contribution in [-0.4, -0.2) is 39.0 Å². The minimum Gasteiger partial charge on any atom is -0.370 e. The van der Waals surface area contributed by atoms with E-state index in [1.54, 1.807) is 17.1 Å². The first-order chi connectivity index (χ1) is 13.2. The molecule has 0 radical (unpaired) electrons. The van der Waals surface area contributed by atoms with Gasteiger partial charge in [-0.1, -0.05) is 19.3 Å².